The van der Waals surface area contributed by atoms with E-state index in [1.807, 2.05) is 38.1 Å². The second-order valence-electron chi connectivity index (χ2n) is 6.86. The Kier molecular flexibility index (Phi) is 5.25. The summed E-state index contributed by atoms with van der Waals surface area (Å²) >= 11 is 5.94. The highest BCUT2D eigenvalue weighted by molar-refractivity contribution is 6.31. The Morgan fingerprint density at radius 1 is 1.07 bits per heavy atom. The van der Waals surface area contributed by atoms with E-state index < -0.39 is 0 Å². The lowest BCUT2D eigenvalue weighted by molar-refractivity contribution is 0.0955. The summed E-state index contributed by atoms with van der Waals surface area (Å²) < 4.78 is 7.53. The molecule has 0 spiro atoms. The summed E-state index contributed by atoms with van der Waals surface area (Å²) in [4.78, 5) is 24.9. The van der Waals surface area contributed by atoms with E-state index in [0.29, 0.717) is 21.6 Å². The molecule has 4 aromatic rings. The van der Waals surface area contributed by atoms with Gasteiger partial charge in [-0.25, -0.2) is 5.43 Å². The van der Waals surface area contributed by atoms with Gasteiger partial charge in [0.15, 0.2) is 0 Å². The molecule has 0 aliphatic rings. The molecule has 2 heterocycles. The van der Waals surface area contributed by atoms with E-state index in [2.05, 4.69) is 15.1 Å². The van der Waals surface area contributed by atoms with E-state index in [9.17, 15) is 9.59 Å². The van der Waals surface area contributed by atoms with Crippen molar-refractivity contribution in [2.24, 2.45) is 5.10 Å². The van der Waals surface area contributed by atoms with Crippen LogP contribution in [0.2, 0.25) is 5.02 Å². The van der Waals surface area contributed by atoms with Gasteiger partial charge < -0.3 is 8.98 Å². The largest absolute Gasteiger partial charge is 0.463 e. The summed E-state index contributed by atoms with van der Waals surface area (Å²) in [6.45, 7) is 4.05. The van der Waals surface area contributed by atoms with Crippen LogP contribution in [0.3, 0.4) is 0 Å². The van der Waals surface area contributed by atoms with Gasteiger partial charge in [-0.05, 0) is 68.4 Å². The second kappa shape index (κ2) is 8.00. The summed E-state index contributed by atoms with van der Waals surface area (Å²) in [5.74, 6) is -0.382. The van der Waals surface area contributed by atoms with Crippen LogP contribution in [-0.2, 0) is 0 Å². The van der Waals surface area contributed by atoms with Gasteiger partial charge in [0.2, 0.25) is 5.43 Å². The van der Waals surface area contributed by atoms with E-state index in [0.717, 1.165) is 17.1 Å². The van der Waals surface area contributed by atoms with Crippen molar-refractivity contribution in [2.45, 2.75) is 13.8 Å². The van der Waals surface area contributed by atoms with Crippen LogP contribution in [0, 0.1) is 13.8 Å². The third-order valence-corrected chi connectivity index (χ3v) is 5.02. The highest BCUT2D eigenvalue weighted by atomic mass is 35.5. The highest BCUT2D eigenvalue weighted by Gasteiger charge is 2.09. The molecule has 0 bridgehead atoms. The zero-order valence-corrected chi connectivity index (χ0v) is 17.1. The number of hydrazone groups is 1. The van der Waals surface area contributed by atoms with Crippen LogP contribution in [0.15, 0.2) is 75.2 Å². The quantitative estimate of drug-likeness (QED) is 0.387. The molecule has 0 fully saturated rings. The Labute approximate surface area is 177 Å². The summed E-state index contributed by atoms with van der Waals surface area (Å²) in [6, 6.07) is 16.1. The molecule has 4 rings (SSSR count). The van der Waals surface area contributed by atoms with Crippen molar-refractivity contribution >= 4 is 34.7 Å². The number of fused-ring (bicyclic) bond motifs is 1. The lowest BCUT2D eigenvalue weighted by Gasteiger charge is -2.10. The predicted molar refractivity (Wildman–Crippen MR) is 118 cm³/mol. The predicted octanol–water partition coefficient (Wildman–Crippen LogP) is 4.62. The Bertz CT molecular complexity index is 1310. The number of rotatable bonds is 4. The number of halogens is 1. The number of aryl methyl sites for hydroxylation is 2. The fourth-order valence-corrected chi connectivity index (χ4v) is 3.44. The monoisotopic (exact) mass is 419 g/mol. The first kappa shape index (κ1) is 19.7. The third-order valence-electron chi connectivity index (χ3n) is 4.79. The van der Waals surface area contributed by atoms with Crippen molar-refractivity contribution in [1.29, 1.82) is 0 Å². The number of benzene rings is 2. The molecule has 1 amide bonds. The van der Waals surface area contributed by atoms with Gasteiger partial charge in [0.05, 0.1) is 17.2 Å². The van der Waals surface area contributed by atoms with Gasteiger partial charge in [-0.3, -0.25) is 9.59 Å². The molecule has 0 aliphatic carbocycles. The molecule has 30 heavy (non-hydrogen) atoms. The minimum absolute atomic E-state index is 0.207. The zero-order valence-electron chi connectivity index (χ0n) is 16.3. The molecule has 150 valence electrons. The highest BCUT2D eigenvalue weighted by Crippen LogP contribution is 2.18. The van der Waals surface area contributed by atoms with Crippen molar-refractivity contribution in [1.82, 2.24) is 9.99 Å². The average Bonchev–Trinajstić information content (AvgIpc) is 3.08. The topological polar surface area (TPSA) is 76.6 Å². The number of carbonyl (C=O) groups excluding carboxylic acids is 1. The van der Waals surface area contributed by atoms with Crippen LogP contribution in [0.25, 0.3) is 16.7 Å². The fourth-order valence-electron chi connectivity index (χ4n) is 3.27. The van der Waals surface area contributed by atoms with Gasteiger partial charge >= 0.3 is 0 Å². The molecule has 1 N–H and O–H groups in total. The molecule has 0 radical (unpaired) electrons. The van der Waals surface area contributed by atoms with Gasteiger partial charge in [-0.1, -0.05) is 11.6 Å². The van der Waals surface area contributed by atoms with Crippen LogP contribution in [0.5, 0.6) is 0 Å². The molecule has 0 aliphatic heterocycles. The van der Waals surface area contributed by atoms with Gasteiger partial charge in [-0.2, -0.15) is 5.10 Å². The van der Waals surface area contributed by atoms with Crippen LogP contribution >= 0.6 is 11.6 Å². The lowest BCUT2D eigenvalue weighted by atomic mass is 10.2. The number of carbonyl (C=O) groups is 1. The summed E-state index contributed by atoms with van der Waals surface area (Å²) in [6.07, 6.45) is 2.55. The van der Waals surface area contributed by atoms with Crippen molar-refractivity contribution in [3.05, 3.63) is 98.6 Å². The summed E-state index contributed by atoms with van der Waals surface area (Å²) in [5.41, 5.74) is 6.45. The maximum Gasteiger partial charge on any atom is 0.271 e. The van der Waals surface area contributed by atoms with Crippen molar-refractivity contribution in [3.8, 4) is 5.69 Å². The van der Waals surface area contributed by atoms with Gasteiger partial charge in [0, 0.05) is 27.7 Å². The molecule has 0 saturated carbocycles. The molecule has 0 saturated heterocycles. The molecular weight excluding hydrogens is 402 g/mol. The molecular formula is C23H18ClN3O3. The maximum atomic E-state index is 12.5. The smallest absolute Gasteiger partial charge is 0.271 e. The standard InChI is InChI=1S/C23H18ClN3O3/c1-14-3-4-15(2)27(14)19-8-5-16(6-9-19)23(29)26-25-12-17-13-30-21-10-7-18(24)11-20(21)22(17)28/h3-13H,1-2H3,(H,26,29)/b25-12-. The van der Waals surface area contributed by atoms with E-state index in [-0.39, 0.29) is 16.9 Å². The molecule has 0 unspecified atom stereocenters. The van der Waals surface area contributed by atoms with E-state index in [1.54, 1.807) is 24.3 Å². The number of aromatic nitrogens is 1. The fraction of sp³-hybridized carbons (Fsp3) is 0.0870. The Morgan fingerprint density at radius 3 is 2.47 bits per heavy atom. The van der Waals surface area contributed by atoms with Crippen molar-refractivity contribution in [2.75, 3.05) is 0 Å². The molecule has 2 aromatic carbocycles. The van der Waals surface area contributed by atoms with Gasteiger partial charge in [0.25, 0.3) is 5.91 Å². The number of amides is 1. The maximum absolute atomic E-state index is 12.5. The third kappa shape index (κ3) is 3.77. The first-order chi connectivity index (χ1) is 14.4. The Balaban J connectivity index is 1.50. The van der Waals surface area contributed by atoms with E-state index >= 15 is 0 Å². The minimum atomic E-state index is -0.382. The minimum Gasteiger partial charge on any atom is -0.463 e. The number of hydrogen-bond donors (Lipinski definition) is 1. The van der Waals surface area contributed by atoms with Crippen LogP contribution in [0.1, 0.15) is 27.3 Å². The lowest BCUT2D eigenvalue weighted by Crippen LogP contribution is -2.18. The zero-order chi connectivity index (χ0) is 21.3. The van der Waals surface area contributed by atoms with Crippen LogP contribution in [-0.4, -0.2) is 16.7 Å². The SMILES string of the molecule is Cc1ccc(C)n1-c1ccc(C(=O)N/N=C\c2coc3ccc(Cl)cc3c2=O)cc1. The first-order valence-corrected chi connectivity index (χ1v) is 9.62. The van der Waals surface area contributed by atoms with E-state index in [1.165, 1.54) is 18.5 Å². The number of hydrogen-bond acceptors (Lipinski definition) is 4. The number of nitrogens with one attached hydrogen (secondary N) is 1. The van der Waals surface area contributed by atoms with Crippen molar-refractivity contribution < 1.29 is 9.21 Å². The molecule has 0 atom stereocenters. The van der Waals surface area contributed by atoms with Gasteiger partial charge in [-0.15, -0.1) is 0 Å². The molecule has 6 nitrogen and oxygen atoms in total. The first-order valence-electron chi connectivity index (χ1n) is 9.24. The molecule has 2 aromatic heterocycles. The normalized spacial score (nSPS) is 11.3. The Morgan fingerprint density at radius 2 is 1.77 bits per heavy atom. The average molecular weight is 420 g/mol. The van der Waals surface area contributed by atoms with Crippen molar-refractivity contribution in [3.63, 3.8) is 0 Å². The second-order valence-corrected chi connectivity index (χ2v) is 7.29. The number of nitrogens with zero attached hydrogens (tertiary/aromatic N) is 2. The van der Waals surface area contributed by atoms with Crippen LogP contribution < -0.4 is 10.9 Å². The summed E-state index contributed by atoms with van der Waals surface area (Å²) in [5, 5.41) is 4.67. The summed E-state index contributed by atoms with van der Waals surface area (Å²) in [7, 11) is 0. The van der Waals surface area contributed by atoms with Crippen LogP contribution in [0.4, 0.5) is 0 Å². The Hall–Kier alpha value is -3.64. The van der Waals surface area contributed by atoms with Gasteiger partial charge in [0.1, 0.15) is 11.8 Å². The van der Waals surface area contributed by atoms with E-state index in [4.69, 9.17) is 16.0 Å². The molecule has 7 heteroatoms.